The number of para-hydroxylation sites is 1. The summed E-state index contributed by atoms with van der Waals surface area (Å²) in [6.07, 6.45) is 0. The third kappa shape index (κ3) is 2.71. The first-order valence-corrected chi connectivity index (χ1v) is 7.18. The fourth-order valence-electron chi connectivity index (χ4n) is 2.46. The molecule has 0 aliphatic rings. The van der Waals surface area contributed by atoms with Crippen molar-refractivity contribution in [3.05, 3.63) is 76.3 Å². The largest absolute Gasteiger partial charge is 0.366 e. The second-order valence-electron chi connectivity index (χ2n) is 5.08. The Bertz CT molecular complexity index is 994. The van der Waals surface area contributed by atoms with Gasteiger partial charge in [-0.05, 0) is 17.7 Å². The maximum atomic E-state index is 12.7. The molecule has 0 saturated heterocycles. The van der Waals surface area contributed by atoms with Gasteiger partial charge in [-0.3, -0.25) is 4.79 Å². The monoisotopic (exact) mass is 319 g/mol. The van der Waals surface area contributed by atoms with Crippen LogP contribution in [0.1, 0.15) is 16.1 Å². The van der Waals surface area contributed by atoms with Gasteiger partial charge in [0.05, 0.1) is 11.3 Å². The summed E-state index contributed by atoms with van der Waals surface area (Å²) in [6.45, 7) is 0. The van der Waals surface area contributed by atoms with Crippen molar-refractivity contribution >= 4 is 11.6 Å². The molecule has 0 fully saturated rings. The molecule has 1 amide bonds. The van der Waals surface area contributed by atoms with E-state index in [0.717, 1.165) is 4.74 Å². The molecule has 0 aliphatic heterocycles. The van der Waals surface area contributed by atoms with Crippen molar-refractivity contribution in [2.45, 2.75) is 0 Å². The van der Waals surface area contributed by atoms with Crippen LogP contribution in [-0.4, -0.2) is 10.6 Å². The summed E-state index contributed by atoms with van der Waals surface area (Å²) in [5.74, 6) is -0.523. The molecule has 6 heteroatoms. The number of nitriles is 1. The zero-order valence-corrected chi connectivity index (χ0v) is 12.8. The molecule has 0 atom stereocenters. The molecule has 0 spiro atoms. The highest BCUT2D eigenvalue weighted by molar-refractivity contribution is 6.07. The Kier molecular flexibility index (Phi) is 4.00. The van der Waals surface area contributed by atoms with E-state index in [1.807, 2.05) is 12.1 Å². The third-order valence-corrected chi connectivity index (χ3v) is 3.55. The fourth-order valence-corrected chi connectivity index (χ4v) is 2.46. The Morgan fingerprint density at radius 2 is 1.79 bits per heavy atom. The molecule has 1 N–H and O–H groups in total. The number of carbonyl (C=O) groups excluding carboxylic acids is 1. The van der Waals surface area contributed by atoms with Crippen LogP contribution < -0.4 is 10.9 Å². The van der Waals surface area contributed by atoms with E-state index in [1.165, 1.54) is 7.05 Å². The number of rotatable bonds is 3. The summed E-state index contributed by atoms with van der Waals surface area (Å²) in [4.78, 5) is 24.8. The molecule has 1 heterocycles. The van der Waals surface area contributed by atoms with E-state index >= 15 is 0 Å². The number of nitrogens with zero attached hydrogens (tertiary/aromatic N) is 2. The zero-order chi connectivity index (χ0) is 17.1. The Morgan fingerprint density at radius 3 is 2.50 bits per heavy atom. The maximum absolute atomic E-state index is 12.7. The average Bonchev–Trinajstić information content (AvgIpc) is 2.90. The van der Waals surface area contributed by atoms with Crippen molar-refractivity contribution in [1.82, 2.24) is 4.74 Å². The Hall–Kier alpha value is -3.59. The molecule has 2 aromatic carbocycles. The van der Waals surface area contributed by atoms with E-state index in [-0.39, 0.29) is 11.3 Å². The molecule has 24 heavy (non-hydrogen) atoms. The first-order chi connectivity index (χ1) is 11.6. The quantitative estimate of drug-likeness (QED) is 0.804. The summed E-state index contributed by atoms with van der Waals surface area (Å²) < 4.78 is 6.18. The molecular weight excluding hydrogens is 306 g/mol. The van der Waals surface area contributed by atoms with E-state index in [2.05, 4.69) is 5.32 Å². The third-order valence-electron chi connectivity index (χ3n) is 3.55. The van der Waals surface area contributed by atoms with Gasteiger partial charge < -0.3 is 9.84 Å². The lowest BCUT2D eigenvalue weighted by Crippen LogP contribution is -2.17. The van der Waals surface area contributed by atoms with Crippen molar-refractivity contribution in [3.63, 3.8) is 0 Å². The lowest BCUT2D eigenvalue weighted by Gasteiger charge is -2.08. The van der Waals surface area contributed by atoms with Crippen molar-refractivity contribution in [3.8, 4) is 17.2 Å². The number of aryl methyl sites for hydroxylation is 1. The number of amides is 1. The summed E-state index contributed by atoms with van der Waals surface area (Å²) in [7, 11) is 1.49. The van der Waals surface area contributed by atoms with Crippen LogP contribution in [-0.2, 0) is 7.05 Å². The van der Waals surface area contributed by atoms with Crippen LogP contribution in [0.4, 0.5) is 5.69 Å². The number of nitrogens with one attached hydrogen (secondary N) is 1. The maximum Gasteiger partial charge on any atom is 0.366 e. The Morgan fingerprint density at radius 1 is 1.12 bits per heavy atom. The molecule has 0 unspecified atom stereocenters. The van der Waals surface area contributed by atoms with Gasteiger partial charge in [0, 0.05) is 7.05 Å². The predicted octanol–water partition coefficient (Wildman–Crippen LogP) is 2.77. The number of aromatic nitrogens is 1. The number of benzene rings is 2. The van der Waals surface area contributed by atoms with Crippen LogP contribution in [0.5, 0.6) is 0 Å². The average molecular weight is 319 g/mol. The van der Waals surface area contributed by atoms with Gasteiger partial charge in [0.25, 0.3) is 5.91 Å². The Labute approximate surface area is 137 Å². The van der Waals surface area contributed by atoms with Gasteiger partial charge >= 0.3 is 5.63 Å². The molecule has 1 aromatic heterocycles. The van der Waals surface area contributed by atoms with Gasteiger partial charge in [-0.2, -0.15) is 5.26 Å². The standard InChI is InChI=1S/C18H13N3O3/c1-21-16(15(18(23)24-21)12-7-3-2-4-8-12)17(22)20-14-10-6-5-9-13(14)11-19/h2-10H,1H3,(H,20,22). The molecular formula is C18H13N3O3. The molecule has 3 rings (SSSR count). The van der Waals surface area contributed by atoms with Crippen molar-refractivity contribution in [2.75, 3.05) is 5.32 Å². The van der Waals surface area contributed by atoms with Gasteiger partial charge in [0.1, 0.15) is 11.6 Å². The van der Waals surface area contributed by atoms with E-state index in [1.54, 1.807) is 48.5 Å². The highest BCUT2D eigenvalue weighted by Gasteiger charge is 2.23. The van der Waals surface area contributed by atoms with Crippen LogP contribution in [0.15, 0.2) is 63.9 Å². The fraction of sp³-hybridized carbons (Fsp3) is 0.0556. The van der Waals surface area contributed by atoms with Crippen LogP contribution in [0.25, 0.3) is 11.1 Å². The van der Waals surface area contributed by atoms with Gasteiger partial charge in [0.2, 0.25) is 0 Å². The normalized spacial score (nSPS) is 10.2. The van der Waals surface area contributed by atoms with Crippen molar-refractivity contribution < 1.29 is 9.32 Å². The minimum Gasteiger partial charge on any atom is -0.335 e. The molecule has 3 aromatic rings. The molecule has 0 radical (unpaired) electrons. The SMILES string of the molecule is Cn1oc(=O)c(-c2ccccc2)c1C(=O)Nc1ccccc1C#N. The van der Waals surface area contributed by atoms with E-state index in [9.17, 15) is 9.59 Å². The number of anilines is 1. The minimum atomic E-state index is -0.595. The van der Waals surface area contributed by atoms with Crippen molar-refractivity contribution in [1.29, 1.82) is 5.26 Å². The minimum absolute atomic E-state index is 0.0962. The van der Waals surface area contributed by atoms with Crippen LogP contribution in [0, 0.1) is 11.3 Å². The Balaban J connectivity index is 2.06. The molecule has 0 bridgehead atoms. The van der Waals surface area contributed by atoms with Gasteiger partial charge in [0.15, 0.2) is 5.69 Å². The highest BCUT2D eigenvalue weighted by Crippen LogP contribution is 2.22. The van der Waals surface area contributed by atoms with Gasteiger partial charge in [-0.25, -0.2) is 9.53 Å². The summed E-state index contributed by atoms with van der Waals surface area (Å²) >= 11 is 0. The number of hydrogen-bond acceptors (Lipinski definition) is 4. The highest BCUT2D eigenvalue weighted by atomic mass is 16.5. The van der Waals surface area contributed by atoms with Gasteiger partial charge in [-0.1, -0.05) is 42.5 Å². The first kappa shape index (κ1) is 15.3. The molecule has 6 nitrogen and oxygen atoms in total. The van der Waals surface area contributed by atoms with Gasteiger partial charge in [-0.15, -0.1) is 0 Å². The second-order valence-corrected chi connectivity index (χ2v) is 5.08. The molecule has 0 aliphatic carbocycles. The van der Waals surface area contributed by atoms with Crippen LogP contribution >= 0.6 is 0 Å². The second kappa shape index (κ2) is 6.26. The van der Waals surface area contributed by atoms with Crippen molar-refractivity contribution in [2.24, 2.45) is 7.05 Å². The smallest absolute Gasteiger partial charge is 0.335 e. The van der Waals surface area contributed by atoms with Crippen LogP contribution in [0.2, 0.25) is 0 Å². The number of carbonyl (C=O) groups is 1. The lowest BCUT2D eigenvalue weighted by atomic mass is 10.1. The number of hydrogen-bond donors (Lipinski definition) is 1. The molecule has 118 valence electrons. The summed E-state index contributed by atoms with van der Waals surface area (Å²) in [5, 5.41) is 11.8. The summed E-state index contributed by atoms with van der Waals surface area (Å²) in [6, 6.07) is 17.5. The predicted molar refractivity (Wildman–Crippen MR) is 88.5 cm³/mol. The molecule has 0 saturated carbocycles. The first-order valence-electron chi connectivity index (χ1n) is 7.18. The van der Waals surface area contributed by atoms with Crippen LogP contribution in [0.3, 0.4) is 0 Å². The summed E-state index contributed by atoms with van der Waals surface area (Å²) in [5.41, 5.74) is 0.982. The van der Waals surface area contributed by atoms with E-state index < -0.39 is 11.5 Å². The van der Waals surface area contributed by atoms with E-state index in [4.69, 9.17) is 9.78 Å². The van der Waals surface area contributed by atoms with E-state index in [0.29, 0.717) is 16.8 Å². The zero-order valence-electron chi connectivity index (χ0n) is 12.8. The topological polar surface area (TPSA) is 88.0 Å². The lowest BCUT2D eigenvalue weighted by molar-refractivity contribution is 0.100.